The van der Waals surface area contributed by atoms with Gasteiger partial charge < -0.3 is 20.5 Å². The third kappa shape index (κ3) is 5.34. The number of ether oxygens (including phenoxy) is 1. The molecule has 10 atom stereocenters. The zero-order valence-electron chi connectivity index (χ0n) is 23.4. The molecular weight excluding hydrogens is 436 g/mol. The maximum absolute atomic E-state index is 11.8. The third-order valence-corrected chi connectivity index (χ3v) is 11.6. The molecule has 5 heteroatoms. The lowest BCUT2D eigenvalue weighted by molar-refractivity contribution is -0.162. The normalized spacial score (nSPS) is 43.8. The molecule has 0 bridgehead atoms. The van der Waals surface area contributed by atoms with E-state index in [1.165, 1.54) is 45.6 Å². The van der Waals surface area contributed by atoms with E-state index in [-0.39, 0.29) is 17.5 Å². The first-order chi connectivity index (χ1) is 16.6. The molecule has 0 heterocycles. The van der Waals surface area contributed by atoms with Crippen molar-refractivity contribution in [2.75, 3.05) is 20.2 Å². The predicted molar refractivity (Wildman–Crippen MR) is 142 cm³/mol. The van der Waals surface area contributed by atoms with Gasteiger partial charge in [0.25, 0.3) is 0 Å². The highest BCUT2D eigenvalue weighted by atomic mass is 16.5. The Morgan fingerprint density at radius 1 is 0.971 bits per heavy atom. The summed E-state index contributed by atoms with van der Waals surface area (Å²) in [6, 6.07) is 1.08. The Bertz CT molecular complexity index is 728. The number of fused-ring (bicyclic) bond motifs is 5. The van der Waals surface area contributed by atoms with Gasteiger partial charge >= 0.3 is 5.97 Å². The highest BCUT2D eigenvalue weighted by molar-refractivity contribution is 5.69. The van der Waals surface area contributed by atoms with Gasteiger partial charge in [-0.2, -0.15) is 0 Å². The fraction of sp³-hybridized carbons (Fsp3) is 0.967. The van der Waals surface area contributed by atoms with Crippen LogP contribution in [0.1, 0.15) is 98.8 Å². The number of carbonyl (C=O) groups excluding carboxylic acids is 1. The molecule has 4 unspecified atom stereocenters. The minimum Gasteiger partial charge on any atom is -0.469 e. The molecule has 0 aromatic heterocycles. The molecule has 4 aliphatic carbocycles. The van der Waals surface area contributed by atoms with Gasteiger partial charge in [-0.25, -0.2) is 0 Å². The Morgan fingerprint density at radius 2 is 1.69 bits per heavy atom. The van der Waals surface area contributed by atoms with E-state index in [4.69, 9.17) is 4.74 Å². The zero-order valence-corrected chi connectivity index (χ0v) is 23.4. The van der Waals surface area contributed by atoms with Crippen LogP contribution in [0, 0.1) is 46.3 Å². The van der Waals surface area contributed by atoms with E-state index >= 15 is 0 Å². The summed E-state index contributed by atoms with van der Waals surface area (Å²) in [6.07, 6.45) is 11.2. The number of nitrogens with one attached hydrogen (secondary N) is 2. The summed E-state index contributed by atoms with van der Waals surface area (Å²) in [5.41, 5.74) is 0.647. The van der Waals surface area contributed by atoms with E-state index in [1.54, 1.807) is 0 Å². The maximum Gasteiger partial charge on any atom is 0.305 e. The van der Waals surface area contributed by atoms with E-state index < -0.39 is 0 Å². The summed E-state index contributed by atoms with van der Waals surface area (Å²) in [4.78, 5) is 11.8. The summed E-state index contributed by atoms with van der Waals surface area (Å²) in [6.45, 7) is 13.9. The fourth-order valence-corrected chi connectivity index (χ4v) is 9.75. The summed E-state index contributed by atoms with van der Waals surface area (Å²) < 4.78 is 4.91. The molecule has 0 aromatic rings. The number of methoxy groups -OCH3 is 1. The van der Waals surface area contributed by atoms with Crippen molar-refractivity contribution in [3.05, 3.63) is 0 Å². The molecule has 4 aliphatic rings. The number of hydrogen-bond acceptors (Lipinski definition) is 5. The molecule has 35 heavy (non-hydrogen) atoms. The zero-order chi connectivity index (χ0) is 25.4. The third-order valence-electron chi connectivity index (χ3n) is 11.6. The Kier molecular flexibility index (Phi) is 8.60. The van der Waals surface area contributed by atoms with E-state index in [0.717, 1.165) is 44.2 Å². The second-order valence-corrected chi connectivity index (χ2v) is 13.6. The van der Waals surface area contributed by atoms with Gasteiger partial charge in [0, 0.05) is 31.6 Å². The molecular formula is C30H54N2O3. The van der Waals surface area contributed by atoms with Gasteiger partial charge in [0.1, 0.15) is 0 Å². The van der Waals surface area contributed by atoms with Crippen molar-refractivity contribution >= 4 is 5.97 Å². The first kappa shape index (κ1) is 27.4. The standard InChI is InChI=1S/C30H54N2O3/c1-19(2)31-15-16-32-21-11-13-30(5)25-12-14-29(4)23(20(3)7-10-28(34)35-6)8-9-24(29)22(25)18-27(33)26(30)17-21/h19-27,31-33H,7-18H2,1-6H3/t20?,21-,22?,23-,24?,25?,26-,27+,29-,30-/m1/s1. The SMILES string of the molecule is COC(=O)CCC(C)[C@H]1CCC2C3C[C@H](O)[C@H]4C[C@H](NCCNC(C)C)CC[C@]4(C)C3CC[C@@]21C. The van der Waals surface area contributed by atoms with Crippen LogP contribution in [-0.4, -0.2) is 49.5 Å². The van der Waals surface area contributed by atoms with Gasteiger partial charge in [-0.1, -0.05) is 34.6 Å². The van der Waals surface area contributed by atoms with Crippen molar-refractivity contribution in [1.29, 1.82) is 0 Å². The highest BCUT2D eigenvalue weighted by Gasteiger charge is 2.62. The Morgan fingerprint density at radius 3 is 2.40 bits per heavy atom. The van der Waals surface area contributed by atoms with Crippen molar-refractivity contribution in [3.8, 4) is 0 Å². The number of aliphatic hydroxyl groups excluding tert-OH is 1. The van der Waals surface area contributed by atoms with Crippen molar-refractivity contribution < 1.29 is 14.6 Å². The lowest BCUT2D eigenvalue weighted by Crippen LogP contribution is -2.59. The number of aliphatic hydroxyl groups is 1. The Labute approximate surface area is 214 Å². The molecule has 4 rings (SSSR count). The molecule has 202 valence electrons. The van der Waals surface area contributed by atoms with Gasteiger partial charge in [0.05, 0.1) is 13.2 Å². The second-order valence-electron chi connectivity index (χ2n) is 13.6. The van der Waals surface area contributed by atoms with Crippen LogP contribution < -0.4 is 10.6 Å². The Hall–Kier alpha value is -0.650. The molecule has 0 saturated heterocycles. The van der Waals surface area contributed by atoms with Crippen molar-refractivity contribution in [2.45, 2.75) is 117 Å². The molecule has 4 fully saturated rings. The first-order valence-electron chi connectivity index (χ1n) is 14.8. The maximum atomic E-state index is 11.8. The van der Waals surface area contributed by atoms with E-state index in [1.807, 2.05) is 0 Å². The second kappa shape index (κ2) is 11.0. The van der Waals surface area contributed by atoms with Crippen LogP contribution in [0.15, 0.2) is 0 Å². The highest BCUT2D eigenvalue weighted by Crippen LogP contribution is 2.68. The average Bonchev–Trinajstić information content (AvgIpc) is 3.18. The molecule has 5 nitrogen and oxygen atoms in total. The molecule has 0 amide bonds. The summed E-state index contributed by atoms with van der Waals surface area (Å²) in [5.74, 6) is 3.79. The number of rotatable bonds is 9. The molecule has 3 N–H and O–H groups in total. The summed E-state index contributed by atoms with van der Waals surface area (Å²) in [7, 11) is 1.50. The van der Waals surface area contributed by atoms with Gasteiger partial charge in [0.15, 0.2) is 0 Å². The van der Waals surface area contributed by atoms with E-state index in [0.29, 0.717) is 47.6 Å². The Balaban J connectivity index is 1.40. The average molecular weight is 491 g/mol. The molecule has 0 aliphatic heterocycles. The monoisotopic (exact) mass is 490 g/mol. The van der Waals surface area contributed by atoms with E-state index in [9.17, 15) is 9.90 Å². The quantitative estimate of drug-likeness (QED) is 0.308. The predicted octanol–water partition coefficient (Wildman–Crippen LogP) is 5.16. The molecule has 0 spiro atoms. The summed E-state index contributed by atoms with van der Waals surface area (Å²) in [5, 5.41) is 18.8. The van der Waals surface area contributed by atoms with Crippen molar-refractivity contribution in [2.24, 2.45) is 46.3 Å². The number of esters is 1. The van der Waals surface area contributed by atoms with E-state index in [2.05, 4.69) is 45.3 Å². The van der Waals surface area contributed by atoms with Crippen LogP contribution in [0.2, 0.25) is 0 Å². The smallest absolute Gasteiger partial charge is 0.305 e. The van der Waals surface area contributed by atoms with Gasteiger partial charge in [-0.15, -0.1) is 0 Å². The van der Waals surface area contributed by atoms with Crippen LogP contribution >= 0.6 is 0 Å². The first-order valence-corrected chi connectivity index (χ1v) is 14.8. The van der Waals surface area contributed by atoms with Crippen LogP contribution in [0.4, 0.5) is 0 Å². The molecule has 0 radical (unpaired) electrons. The largest absolute Gasteiger partial charge is 0.469 e. The minimum atomic E-state index is -0.155. The number of hydrogen-bond donors (Lipinski definition) is 3. The van der Waals surface area contributed by atoms with Crippen LogP contribution in [-0.2, 0) is 9.53 Å². The molecule has 4 saturated carbocycles. The van der Waals surface area contributed by atoms with Crippen LogP contribution in [0.25, 0.3) is 0 Å². The lowest BCUT2D eigenvalue weighted by Gasteiger charge is -2.62. The van der Waals surface area contributed by atoms with Gasteiger partial charge in [-0.05, 0) is 104 Å². The number of carbonyl (C=O) groups is 1. The van der Waals surface area contributed by atoms with Crippen molar-refractivity contribution in [3.63, 3.8) is 0 Å². The molecule has 0 aromatic carbocycles. The van der Waals surface area contributed by atoms with Gasteiger partial charge in [-0.3, -0.25) is 4.79 Å². The fourth-order valence-electron chi connectivity index (χ4n) is 9.75. The van der Waals surface area contributed by atoms with Gasteiger partial charge in [0.2, 0.25) is 0 Å². The van der Waals surface area contributed by atoms with Crippen LogP contribution in [0.3, 0.4) is 0 Å². The minimum absolute atomic E-state index is 0.0732. The van der Waals surface area contributed by atoms with Crippen LogP contribution in [0.5, 0.6) is 0 Å². The lowest BCUT2D eigenvalue weighted by atomic mass is 9.43. The summed E-state index contributed by atoms with van der Waals surface area (Å²) >= 11 is 0. The van der Waals surface area contributed by atoms with Crippen molar-refractivity contribution in [1.82, 2.24) is 10.6 Å². The topological polar surface area (TPSA) is 70.6 Å².